The normalized spacial score (nSPS) is 20.0. The van der Waals surface area contributed by atoms with Crippen molar-refractivity contribution >= 4 is 57.9 Å². The fourth-order valence-corrected chi connectivity index (χ4v) is 9.17. The number of carbonyl (C=O) groups excluding carboxylic acids is 8. The fraction of sp³-hybridized carbons (Fsp3) is 0.367. The van der Waals surface area contributed by atoms with Crippen LogP contribution in [0.4, 0.5) is 0 Å². The molecule has 0 fully saturated rings. The summed E-state index contributed by atoms with van der Waals surface area (Å²) in [4.78, 5) is 110. The first-order chi connectivity index (χ1) is 35.5. The molecule has 0 saturated heterocycles. The van der Waals surface area contributed by atoms with Crippen LogP contribution in [0, 0.1) is 17.8 Å². The van der Waals surface area contributed by atoms with E-state index in [0.717, 1.165) is 45.9 Å². The molecule has 0 bridgehead atoms. The lowest BCUT2D eigenvalue weighted by atomic mass is 9.83. The number of aliphatic imine (C=N–C) groups is 2. The monoisotopic (exact) mass is 1000 g/mol. The molecule has 14 nitrogen and oxygen atoms in total. The molecule has 2 amide bonds. The minimum absolute atomic E-state index is 0.00514. The average Bonchev–Trinajstić information content (AvgIpc) is 4.03. The largest absolute Gasteiger partial charge is 0.381 e. The summed E-state index contributed by atoms with van der Waals surface area (Å²) in [5, 5.41) is 12.5. The fourth-order valence-electron chi connectivity index (χ4n) is 9.17. The van der Waals surface area contributed by atoms with Gasteiger partial charge in [-0.2, -0.15) is 0 Å². The maximum Gasteiger partial charge on any atom is 0.228 e. The predicted molar refractivity (Wildman–Crippen MR) is 290 cm³/mol. The first-order valence-electron chi connectivity index (χ1n) is 25.3. The Morgan fingerprint density at radius 1 is 0.743 bits per heavy atom. The van der Waals surface area contributed by atoms with E-state index in [0.29, 0.717) is 30.7 Å². The summed E-state index contributed by atoms with van der Waals surface area (Å²) in [6, 6.07) is 16.4. The zero-order valence-electron chi connectivity index (χ0n) is 43.2. The van der Waals surface area contributed by atoms with Crippen molar-refractivity contribution in [3.63, 3.8) is 0 Å². The molecule has 14 heteroatoms. The molecule has 3 heterocycles. The van der Waals surface area contributed by atoms with Crippen molar-refractivity contribution in [2.45, 2.75) is 104 Å². The summed E-state index contributed by atoms with van der Waals surface area (Å²) in [5.74, 6) is -3.61. The summed E-state index contributed by atoms with van der Waals surface area (Å²) >= 11 is 0. The maximum atomic E-state index is 12.7. The SMILES string of the molecule is C=C/C(=N/C(=C\C1=C(C)[C@@H](C=C)C(C[C@@H]2N=C(/C=C3\NCC(CCC(=O)NCC(=O)CCC(=O)C(=O)c4ccccc4)=C3C)[C@H](C=C)C2C)N1)CC)C(=C)CCC(=O)NCC(=O)CCC(=O)C(=O)c1ccccc1. The van der Waals surface area contributed by atoms with Crippen molar-refractivity contribution < 1.29 is 38.4 Å². The van der Waals surface area contributed by atoms with Crippen molar-refractivity contribution in [2.75, 3.05) is 19.6 Å². The van der Waals surface area contributed by atoms with Gasteiger partial charge in [-0.3, -0.25) is 48.3 Å². The summed E-state index contributed by atoms with van der Waals surface area (Å²) in [7, 11) is 0. The highest BCUT2D eigenvalue weighted by molar-refractivity contribution is 6.44. The van der Waals surface area contributed by atoms with Gasteiger partial charge in [-0.25, -0.2) is 0 Å². The molecular formula is C60H70N6O8. The van der Waals surface area contributed by atoms with E-state index in [1.165, 1.54) is 0 Å². The number of benzene rings is 2. The highest BCUT2D eigenvalue weighted by atomic mass is 16.2. The summed E-state index contributed by atoms with van der Waals surface area (Å²) in [6.45, 7) is 24.9. The number of rotatable bonds is 30. The Labute approximate surface area is 435 Å². The Bertz CT molecular complexity index is 2740. The third kappa shape index (κ3) is 15.9. The van der Waals surface area contributed by atoms with Crippen LogP contribution in [0.5, 0.6) is 0 Å². The Balaban J connectivity index is 1.11. The molecule has 2 aromatic rings. The molecule has 388 valence electrons. The van der Waals surface area contributed by atoms with Crippen LogP contribution in [-0.2, 0) is 28.8 Å². The summed E-state index contributed by atoms with van der Waals surface area (Å²) in [6.07, 6.45) is 11.4. The van der Waals surface area contributed by atoms with Crippen molar-refractivity contribution in [2.24, 2.45) is 27.7 Å². The van der Waals surface area contributed by atoms with Gasteiger partial charge in [0.1, 0.15) is 0 Å². The number of hydrogen-bond donors (Lipinski definition) is 4. The van der Waals surface area contributed by atoms with Crippen molar-refractivity contribution in [1.29, 1.82) is 0 Å². The number of hydrogen-bond acceptors (Lipinski definition) is 12. The van der Waals surface area contributed by atoms with Gasteiger partial charge in [-0.15, -0.1) is 13.2 Å². The Morgan fingerprint density at radius 3 is 1.82 bits per heavy atom. The topological polar surface area (TPSA) is 209 Å². The van der Waals surface area contributed by atoms with E-state index in [-0.39, 0.29) is 122 Å². The lowest BCUT2D eigenvalue weighted by molar-refractivity contribution is -0.125. The van der Waals surface area contributed by atoms with E-state index >= 15 is 0 Å². The van der Waals surface area contributed by atoms with E-state index < -0.39 is 23.1 Å². The minimum atomic E-state index is -0.653. The molecule has 0 radical (unpaired) electrons. The average molecular weight is 1000 g/mol. The zero-order chi connectivity index (χ0) is 53.9. The van der Waals surface area contributed by atoms with Crippen LogP contribution in [0.2, 0.25) is 0 Å². The second-order valence-electron chi connectivity index (χ2n) is 18.9. The molecule has 5 atom stereocenters. The third-order valence-corrected chi connectivity index (χ3v) is 13.9. The first kappa shape index (κ1) is 57.2. The van der Waals surface area contributed by atoms with Gasteiger partial charge in [0.05, 0.1) is 24.8 Å². The van der Waals surface area contributed by atoms with Gasteiger partial charge in [0, 0.05) is 96.9 Å². The smallest absolute Gasteiger partial charge is 0.228 e. The van der Waals surface area contributed by atoms with Crippen LogP contribution in [0.1, 0.15) is 113 Å². The molecule has 3 aliphatic heterocycles. The number of nitrogens with zero attached hydrogens (tertiary/aromatic N) is 2. The van der Waals surface area contributed by atoms with E-state index in [1.54, 1.807) is 66.7 Å². The Hall–Kier alpha value is -7.74. The van der Waals surface area contributed by atoms with Crippen molar-refractivity contribution in [3.8, 4) is 0 Å². The molecule has 4 N–H and O–H groups in total. The molecule has 3 aliphatic rings. The quantitative estimate of drug-likeness (QED) is 0.0254. The van der Waals surface area contributed by atoms with E-state index in [4.69, 9.17) is 9.98 Å². The van der Waals surface area contributed by atoms with E-state index in [1.807, 2.05) is 32.1 Å². The van der Waals surface area contributed by atoms with E-state index in [9.17, 15) is 38.4 Å². The summed E-state index contributed by atoms with van der Waals surface area (Å²) in [5.41, 5.74) is 8.61. The number of amides is 2. The van der Waals surface area contributed by atoms with Crippen LogP contribution in [0.15, 0.2) is 167 Å². The van der Waals surface area contributed by atoms with Gasteiger partial charge in [-0.1, -0.05) is 99.8 Å². The molecule has 2 aromatic carbocycles. The van der Waals surface area contributed by atoms with Gasteiger partial charge in [0.15, 0.2) is 11.6 Å². The minimum Gasteiger partial charge on any atom is -0.381 e. The van der Waals surface area contributed by atoms with Gasteiger partial charge in [0.25, 0.3) is 0 Å². The second kappa shape index (κ2) is 27.9. The number of allylic oxidation sites excluding steroid dienone is 7. The lowest BCUT2D eigenvalue weighted by Crippen LogP contribution is -2.33. The highest BCUT2D eigenvalue weighted by Crippen LogP contribution is 2.37. The van der Waals surface area contributed by atoms with Crippen molar-refractivity contribution in [1.82, 2.24) is 21.3 Å². The number of ketones is 6. The molecule has 0 saturated carbocycles. The zero-order valence-corrected chi connectivity index (χ0v) is 43.2. The molecular weight excluding hydrogens is 933 g/mol. The molecule has 2 unspecified atom stereocenters. The van der Waals surface area contributed by atoms with Crippen LogP contribution >= 0.6 is 0 Å². The van der Waals surface area contributed by atoms with E-state index in [2.05, 4.69) is 67.5 Å². The van der Waals surface area contributed by atoms with Crippen molar-refractivity contribution in [3.05, 3.63) is 168 Å². The molecule has 74 heavy (non-hydrogen) atoms. The predicted octanol–water partition coefficient (Wildman–Crippen LogP) is 8.36. The van der Waals surface area contributed by atoms with Crippen LogP contribution < -0.4 is 21.3 Å². The van der Waals surface area contributed by atoms with Gasteiger partial charge < -0.3 is 21.3 Å². The number of nitrogens with one attached hydrogen (secondary N) is 4. The number of Topliss-reactive ketones (excluding diaryl/α,β-unsaturated/α-hetero) is 6. The van der Waals surface area contributed by atoms with Gasteiger partial charge in [0.2, 0.25) is 34.9 Å². The maximum absolute atomic E-state index is 12.7. The number of carbonyl (C=O) groups is 8. The molecule has 5 rings (SSSR count). The molecule has 0 aromatic heterocycles. The molecule has 0 spiro atoms. The van der Waals surface area contributed by atoms with Crippen LogP contribution in [0.25, 0.3) is 0 Å². The highest BCUT2D eigenvalue weighted by Gasteiger charge is 2.38. The van der Waals surface area contributed by atoms with Crippen LogP contribution in [-0.4, -0.2) is 89.7 Å². The Kier molecular flexibility index (Phi) is 21.6. The van der Waals surface area contributed by atoms with Gasteiger partial charge in [-0.05, 0) is 86.0 Å². The third-order valence-electron chi connectivity index (χ3n) is 13.9. The lowest BCUT2D eigenvalue weighted by Gasteiger charge is -2.24. The first-order valence-corrected chi connectivity index (χ1v) is 25.3. The standard InChI is InChI=1S/C60H70N6O8/c1-9-44(64-49(12-4)37(5)23-29-57(71)62-35-45(67)25-27-55(69)59(73)41-19-15-13-16-20-41)31-51-39(7)47(10-2)54(65-51)33-52-40(8)48(11-3)53(66-52)32-50-38(6)43(34-61-50)24-30-58(72)63-36-46(68)26-28-56(70)60(74)42-21-17-14-18-22-42/h10-22,31-32,40,47-48,52,54,61,65H,2-5,9,23-30,33-36H2,1,6-8H3,(H,62,71)(H,63,72)/b44-31-,50-32-,64-49-/t40?,47-,48-,52+,54?/m1/s1. The molecule has 0 aliphatic carbocycles. The van der Waals surface area contributed by atoms with Crippen LogP contribution in [0.3, 0.4) is 0 Å². The summed E-state index contributed by atoms with van der Waals surface area (Å²) < 4.78 is 0. The van der Waals surface area contributed by atoms with Gasteiger partial charge >= 0.3 is 0 Å². The Morgan fingerprint density at radius 2 is 1.30 bits per heavy atom. The second-order valence-corrected chi connectivity index (χ2v) is 18.9.